The number of aromatic nitrogens is 2. The number of piperazine rings is 1. The molecule has 1 aliphatic heterocycles. The molecule has 154 valence electrons. The summed E-state index contributed by atoms with van der Waals surface area (Å²) in [5.74, 6) is 0. The zero-order valence-electron chi connectivity index (χ0n) is 16.3. The second kappa shape index (κ2) is 7.32. The molecule has 2 aromatic carbocycles. The van der Waals surface area contributed by atoms with Gasteiger partial charge in [0, 0.05) is 60.9 Å². The maximum Gasteiger partial charge on any atom is 0.416 e. The van der Waals surface area contributed by atoms with Crippen molar-refractivity contribution >= 4 is 27.5 Å². The Morgan fingerprint density at radius 1 is 0.933 bits per heavy atom. The maximum atomic E-state index is 12.9. The van der Waals surface area contributed by atoms with Crippen LogP contribution >= 0.6 is 0 Å². The molecule has 1 N–H and O–H groups in total. The van der Waals surface area contributed by atoms with E-state index >= 15 is 0 Å². The molecule has 1 fully saturated rings. The number of H-pyrrole nitrogens is 1. The van der Waals surface area contributed by atoms with E-state index in [2.05, 4.69) is 44.0 Å². The Balaban J connectivity index is 1.27. The monoisotopic (exact) mass is 410 g/mol. The van der Waals surface area contributed by atoms with Crippen LogP contribution in [0.1, 0.15) is 11.3 Å². The molecule has 0 aliphatic carbocycles. The first kappa shape index (κ1) is 18.9. The molecule has 0 atom stereocenters. The topological polar surface area (TPSA) is 35.2 Å². The summed E-state index contributed by atoms with van der Waals surface area (Å²) in [5, 5.41) is 1.75. The summed E-state index contributed by atoms with van der Waals surface area (Å²) in [5.41, 5.74) is 3.22. The van der Waals surface area contributed by atoms with Crippen LogP contribution in [0.5, 0.6) is 0 Å². The van der Waals surface area contributed by atoms with Crippen molar-refractivity contribution < 1.29 is 13.2 Å². The van der Waals surface area contributed by atoms with Crippen molar-refractivity contribution in [2.45, 2.75) is 12.7 Å². The molecule has 2 aromatic heterocycles. The van der Waals surface area contributed by atoms with Crippen LogP contribution in [0.15, 0.2) is 60.8 Å². The number of hydrogen-bond acceptors (Lipinski definition) is 3. The summed E-state index contributed by atoms with van der Waals surface area (Å²) >= 11 is 0. The molecule has 5 rings (SSSR count). The number of hydrogen-bond donors (Lipinski definition) is 1. The first-order valence-corrected chi connectivity index (χ1v) is 9.98. The molecule has 0 radical (unpaired) electrons. The van der Waals surface area contributed by atoms with Gasteiger partial charge >= 0.3 is 6.18 Å². The van der Waals surface area contributed by atoms with Crippen LogP contribution < -0.4 is 4.90 Å². The van der Waals surface area contributed by atoms with Gasteiger partial charge in [0.25, 0.3) is 0 Å². The van der Waals surface area contributed by atoms with Crippen molar-refractivity contribution in [1.29, 1.82) is 0 Å². The van der Waals surface area contributed by atoms with E-state index in [9.17, 15) is 13.2 Å². The minimum Gasteiger partial charge on any atom is -0.368 e. The minimum atomic E-state index is -4.34. The zero-order chi connectivity index (χ0) is 20.7. The number of aromatic amines is 1. The van der Waals surface area contributed by atoms with Gasteiger partial charge in [0.05, 0.1) is 16.8 Å². The second-order valence-corrected chi connectivity index (χ2v) is 7.69. The number of alkyl halides is 3. The van der Waals surface area contributed by atoms with Gasteiger partial charge in [-0.25, -0.2) is 0 Å². The van der Waals surface area contributed by atoms with E-state index in [0.29, 0.717) is 17.4 Å². The fourth-order valence-electron chi connectivity index (χ4n) is 4.15. The number of nitrogens with one attached hydrogen (secondary N) is 1. The third-order valence-corrected chi connectivity index (χ3v) is 5.74. The van der Waals surface area contributed by atoms with E-state index in [1.807, 2.05) is 12.3 Å². The van der Waals surface area contributed by atoms with Crippen LogP contribution in [0, 0.1) is 0 Å². The third kappa shape index (κ3) is 3.61. The van der Waals surface area contributed by atoms with E-state index in [1.165, 1.54) is 17.1 Å². The van der Waals surface area contributed by atoms with Crippen molar-refractivity contribution in [3.63, 3.8) is 0 Å². The molecule has 0 spiro atoms. The molecule has 30 heavy (non-hydrogen) atoms. The summed E-state index contributed by atoms with van der Waals surface area (Å²) in [6.45, 7) is 4.36. The average Bonchev–Trinajstić information content (AvgIpc) is 3.22. The van der Waals surface area contributed by atoms with Crippen LogP contribution in [0.4, 0.5) is 18.9 Å². The minimum absolute atomic E-state index is 0.512. The first-order valence-electron chi connectivity index (χ1n) is 9.98. The lowest BCUT2D eigenvalue weighted by Crippen LogP contribution is -2.46. The largest absolute Gasteiger partial charge is 0.416 e. The Morgan fingerprint density at radius 2 is 1.77 bits per heavy atom. The van der Waals surface area contributed by atoms with Gasteiger partial charge in [-0.3, -0.25) is 9.88 Å². The molecule has 0 unspecified atom stereocenters. The highest BCUT2D eigenvalue weighted by Crippen LogP contribution is 2.31. The summed E-state index contributed by atoms with van der Waals surface area (Å²) in [6, 6.07) is 15.7. The molecule has 3 heterocycles. The van der Waals surface area contributed by atoms with Crippen molar-refractivity contribution in [2.75, 3.05) is 31.1 Å². The molecule has 7 heteroatoms. The Morgan fingerprint density at radius 3 is 2.57 bits per heavy atom. The lowest BCUT2D eigenvalue weighted by molar-refractivity contribution is -0.137. The Bertz CT molecular complexity index is 1190. The molecule has 4 aromatic rings. The predicted molar refractivity (Wildman–Crippen MR) is 113 cm³/mol. The predicted octanol–water partition coefficient (Wildman–Crippen LogP) is 5.06. The van der Waals surface area contributed by atoms with Gasteiger partial charge in [0.2, 0.25) is 0 Å². The van der Waals surface area contributed by atoms with Gasteiger partial charge in [-0.2, -0.15) is 13.2 Å². The Hall–Kier alpha value is -3.06. The van der Waals surface area contributed by atoms with E-state index in [-0.39, 0.29) is 0 Å². The van der Waals surface area contributed by atoms with E-state index in [4.69, 9.17) is 0 Å². The Labute approximate surface area is 171 Å². The smallest absolute Gasteiger partial charge is 0.368 e. The molecule has 4 nitrogen and oxygen atoms in total. The summed E-state index contributed by atoms with van der Waals surface area (Å²) in [6.07, 6.45) is -2.37. The van der Waals surface area contributed by atoms with Crippen molar-refractivity contribution in [3.05, 3.63) is 72.1 Å². The van der Waals surface area contributed by atoms with Gasteiger partial charge in [-0.15, -0.1) is 0 Å². The number of benzene rings is 2. The van der Waals surface area contributed by atoms with Crippen molar-refractivity contribution in [1.82, 2.24) is 14.9 Å². The number of nitrogens with zero attached hydrogens (tertiary/aromatic N) is 3. The molecular formula is C23H21F3N4. The second-order valence-electron chi connectivity index (χ2n) is 7.69. The standard InChI is InChI=1S/C23H21F3N4/c24-23(25,26)17-5-7-20-16(14-17)4-6-18(28-20)15-29-10-12-30(13-11-29)22-3-1-2-21-19(22)8-9-27-21/h1-9,14,27H,10-13,15H2. The molecule has 0 saturated carbocycles. The third-order valence-electron chi connectivity index (χ3n) is 5.74. The first-order chi connectivity index (χ1) is 14.5. The zero-order valence-corrected chi connectivity index (χ0v) is 16.3. The molecular weight excluding hydrogens is 389 g/mol. The lowest BCUT2D eigenvalue weighted by Gasteiger charge is -2.36. The molecule has 1 saturated heterocycles. The van der Waals surface area contributed by atoms with E-state index < -0.39 is 11.7 Å². The summed E-state index contributed by atoms with van der Waals surface area (Å²) in [4.78, 5) is 12.6. The SMILES string of the molecule is FC(F)(F)c1ccc2nc(CN3CCN(c4cccc5[nH]ccc45)CC3)ccc2c1. The number of fused-ring (bicyclic) bond motifs is 2. The Kier molecular flexibility index (Phi) is 4.62. The van der Waals surface area contributed by atoms with Crippen LogP contribution in [-0.2, 0) is 12.7 Å². The number of halogens is 3. The van der Waals surface area contributed by atoms with Crippen LogP contribution in [0.3, 0.4) is 0 Å². The van der Waals surface area contributed by atoms with E-state index in [1.54, 1.807) is 6.07 Å². The van der Waals surface area contributed by atoms with Crippen molar-refractivity contribution in [2.24, 2.45) is 0 Å². The molecule has 0 amide bonds. The van der Waals surface area contributed by atoms with E-state index in [0.717, 1.165) is 49.5 Å². The number of rotatable bonds is 3. The fraction of sp³-hybridized carbons (Fsp3) is 0.261. The van der Waals surface area contributed by atoms with Crippen LogP contribution in [0.25, 0.3) is 21.8 Å². The quantitative estimate of drug-likeness (QED) is 0.513. The van der Waals surface area contributed by atoms with Gasteiger partial charge < -0.3 is 9.88 Å². The van der Waals surface area contributed by atoms with Gasteiger partial charge in [-0.05, 0) is 42.5 Å². The van der Waals surface area contributed by atoms with Crippen LogP contribution in [-0.4, -0.2) is 41.0 Å². The molecule has 1 aliphatic rings. The maximum absolute atomic E-state index is 12.9. The highest BCUT2D eigenvalue weighted by molar-refractivity contribution is 5.92. The molecule has 0 bridgehead atoms. The average molecular weight is 410 g/mol. The normalized spacial score (nSPS) is 15.9. The van der Waals surface area contributed by atoms with Gasteiger partial charge in [0.15, 0.2) is 0 Å². The number of pyridine rings is 1. The number of anilines is 1. The van der Waals surface area contributed by atoms with Crippen molar-refractivity contribution in [3.8, 4) is 0 Å². The fourth-order valence-corrected chi connectivity index (χ4v) is 4.15. The summed E-state index contributed by atoms with van der Waals surface area (Å²) in [7, 11) is 0. The highest BCUT2D eigenvalue weighted by atomic mass is 19.4. The lowest BCUT2D eigenvalue weighted by atomic mass is 10.1. The summed E-state index contributed by atoms with van der Waals surface area (Å²) < 4.78 is 38.7. The highest BCUT2D eigenvalue weighted by Gasteiger charge is 2.30. The van der Waals surface area contributed by atoms with Gasteiger partial charge in [0.1, 0.15) is 0 Å². The van der Waals surface area contributed by atoms with Crippen LogP contribution in [0.2, 0.25) is 0 Å². The van der Waals surface area contributed by atoms with Gasteiger partial charge in [-0.1, -0.05) is 12.1 Å².